The van der Waals surface area contributed by atoms with Gasteiger partial charge in [0.2, 0.25) is 6.29 Å². The number of benzene rings is 1. The van der Waals surface area contributed by atoms with Gasteiger partial charge in [0.1, 0.15) is 5.75 Å². The highest BCUT2D eigenvalue weighted by Gasteiger charge is 2.31. The average Bonchev–Trinajstić information content (AvgIpc) is 2.38. The van der Waals surface area contributed by atoms with Crippen molar-refractivity contribution in [1.29, 1.82) is 0 Å². The molecule has 0 N–H and O–H groups in total. The number of fused-ring (bicyclic) bond motifs is 1. The lowest BCUT2D eigenvalue weighted by molar-refractivity contribution is -0.176. The Morgan fingerprint density at radius 1 is 1.44 bits per heavy atom. The first-order chi connectivity index (χ1) is 8.53. The van der Waals surface area contributed by atoms with Gasteiger partial charge in [0.15, 0.2) is 0 Å². The number of aryl methyl sites for hydroxylation is 1. The van der Waals surface area contributed by atoms with Crippen molar-refractivity contribution in [2.75, 3.05) is 0 Å². The molecule has 0 aromatic heterocycles. The minimum atomic E-state index is -0.446. The molecule has 18 heavy (non-hydrogen) atoms. The van der Waals surface area contributed by atoms with Crippen LogP contribution in [0, 0.1) is 5.41 Å². The van der Waals surface area contributed by atoms with Crippen molar-refractivity contribution in [1.82, 2.24) is 0 Å². The molecule has 3 heteroatoms. The van der Waals surface area contributed by atoms with Crippen LogP contribution in [-0.2, 0) is 16.0 Å². The number of para-hydroxylation sites is 1. The van der Waals surface area contributed by atoms with E-state index in [1.807, 2.05) is 45.0 Å². The second kappa shape index (κ2) is 5.01. The summed E-state index contributed by atoms with van der Waals surface area (Å²) in [6.07, 6.45) is 1.93. The van der Waals surface area contributed by atoms with E-state index >= 15 is 0 Å². The Bertz CT molecular complexity index is 437. The molecule has 1 aromatic carbocycles. The van der Waals surface area contributed by atoms with E-state index in [9.17, 15) is 4.79 Å². The second-order valence-corrected chi connectivity index (χ2v) is 5.34. The van der Waals surface area contributed by atoms with Gasteiger partial charge in [-0.3, -0.25) is 4.79 Å². The number of hydrogen-bond acceptors (Lipinski definition) is 3. The zero-order chi connectivity index (χ0) is 13.2. The van der Waals surface area contributed by atoms with Crippen LogP contribution in [0.2, 0.25) is 0 Å². The Hall–Kier alpha value is -1.51. The molecule has 0 bridgehead atoms. The Balaban J connectivity index is 2.00. The van der Waals surface area contributed by atoms with E-state index in [1.165, 1.54) is 5.56 Å². The number of carbonyl (C=O) groups is 1. The van der Waals surface area contributed by atoms with Crippen LogP contribution in [0.25, 0.3) is 0 Å². The molecular weight excluding hydrogens is 228 g/mol. The molecular formula is C15H20O3. The fraction of sp³-hybridized carbons (Fsp3) is 0.533. The third-order valence-electron chi connectivity index (χ3n) is 3.56. The van der Waals surface area contributed by atoms with Crippen molar-refractivity contribution in [2.24, 2.45) is 5.41 Å². The van der Waals surface area contributed by atoms with E-state index < -0.39 is 11.7 Å². The van der Waals surface area contributed by atoms with Gasteiger partial charge >= 0.3 is 5.97 Å². The monoisotopic (exact) mass is 248 g/mol. The van der Waals surface area contributed by atoms with E-state index in [0.29, 0.717) is 0 Å². The van der Waals surface area contributed by atoms with Crippen molar-refractivity contribution in [3.05, 3.63) is 29.8 Å². The first-order valence-corrected chi connectivity index (χ1v) is 6.48. The number of esters is 1. The lowest BCUT2D eigenvalue weighted by Gasteiger charge is -2.29. The molecule has 0 aliphatic carbocycles. The maximum atomic E-state index is 12.0. The predicted octanol–water partition coefficient (Wildman–Crippen LogP) is 3.32. The first-order valence-electron chi connectivity index (χ1n) is 6.48. The van der Waals surface area contributed by atoms with Gasteiger partial charge < -0.3 is 9.47 Å². The molecule has 0 radical (unpaired) electrons. The molecule has 0 saturated heterocycles. The molecule has 1 aromatic rings. The molecule has 2 rings (SSSR count). The van der Waals surface area contributed by atoms with E-state index in [4.69, 9.17) is 9.47 Å². The van der Waals surface area contributed by atoms with Crippen molar-refractivity contribution < 1.29 is 14.3 Å². The van der Waals surface area contributed by atoms with Crippen molar-refractivity contribution in [3.63, 3.8) is 0 Å². The zero-order valence-corrected chi connectivity index (χ0v) is 11.2. The molecule has 1 aliphatic heterocycles. The summed E-state index contributed by atoms with van der Waals surface area (Å²) in [4.78, 5) is 12.0. The molecule has 0 fully saturated rings. The maximum absolute atomic E-state index is 12.0. The van der Waals surface area contributed by atoms with Crippen LogP contribution in [0.5, 0.6) is 5.75 Å². The topological polar surface area (TPSA) is 35.5 Å². The van der Waals surface area contributed by atoms with E-state index in [1.54, 1.807) is 0 Å². The summed E-state index contributed by atoms with van der Waals surface area (Å²) in [5.74, 6) is 0.644. The van der Waals surface area contributed by atoms with Crippen LogP contribution in [0.15, 0.2) is 24.3 Å². The Kier molecular flexibility index (Phi) is 3.60. The Labute approximate surface area is 108 Å². The fourth-order valence-corrected chi connectivity index (χ4v) is 1.81. The molecule has 1 heterocycles. The Morgan fingerprint density at radius 3 is 2.89 bits per heavy atom. The second-order valence-electron chi connectivity index (χ2n) is 5.34. The minimum Gasteiger partial charge on any atom is -0.454 e. The molecule has 0 amide bonds. The number of hydrogen-bond donors (Lipinski definition) is 0. The van der Waals surface area contributed by atoms with Crippen LogP contribution < -0.4 is 4.74 Å². The summed E-state index contributed by atoms with van der Waals surface area (Å²) in [5.41, 5.74) is 0.736. The van der Waals surface area contributed by atoms with Crippen LogP contribution in [0.4, 0.5) is 0 Å². The molecule has 1 aliphatic rings. The summed E-state index contributed by atoms with van der Waals surface area (Å²) in [6.45, 7) is 5.77. The third kappa shape index (κ3) is 2.66. The largest absolute Gasteiger partial charge is 0.454 e. The summed E-state index contributed by atoms with van der Waals surface area (Å²) >= 11 is 0. The lowest BCUT2D eigenvalue weighted by Crippen LogP contribution is -2.34. The van der Waals surface area contributed by atoms with Gasteiger partial charge in [-0.1, -0.05) is 25.1 Å². The number of rotatable bonds is 3. The van der Waals surface area contributed by atoms with Crippen LogP contribution in [0.1, 0.15) is 39.2 Å². The van der Waals surface area contributed by atoms with E-state index in [2.05, 4.69) is 0 Å². The molecule has 0 spiro atoms. The van der Waals surface area contributed by atoms with Crippen LogP contribution in [0.3, 0.4) is 0 Å². The van der Waals surface area contributed by atoms with Crippen LogP contribution in [-0.4, -0.2) is 12.3 Å². The zero-order valence-electron chi connectivity index (χ0n) is 11.2. The van der Waals surface area contributed by atoms with Crippen molar-refractivity contribution >= 4 is 5.97 Å². The minimum absolute atomic E-state index is 0.186. The van der Waals surface area contributed by atoms with E-state index in [-0.39, 0.29) is 5.97 Å². The van der Waals surface area contributed by atoms with Gasteiger partial charge in [0.25, 0.3) is 0 Å². The molecule has 3 nitrogen and oxygen atoms in total. The highest BCUT2D eigenvalue weighted by Crippen LogP contribution is 2.29. The summed E-state index contributed by atoms with van der Waals surface area (Å²) in [6, 6.07) is 7.89. The quantitative estimate of drug-likeness (QED) is 0.770. The third-order valence-corrected chi connectivity index (χ3v) is 3.56. The SMILES string of the molecule is CCC(C)(C)C(=O)OC1CCc2ccccc2O1. The molecule has 98 valence electrons. The van der Waals surface area contributed by atoms with Crippen molar-refractivity contribution in [2.45, 2.75) is 46.3 Å². The maximum Gasteiger partial charge on any atom is 0.314 e. The van der Waals surface area contributed by atoms with Gasteiger partial charge in [-0.25, -0.2) is 0 Å². The van der Waals surface area contributed by atoms with Crippen molar-refractivity contribution in [3.8, 4) is 5.75 Å². The van der Waals surface area contributed by atoms with Gasteiger partial charge in [-0.15, -0.1) is 0 Å². The van der Waals surface area contributed by atoms with Gasteiger partial charge in [0, 0.05) is 6.42 Å². The predicted molar refractivity (Wildman–Crippen MR) is 69.3 cm³/mol. The fourth-order valence-electron chi connectivity index (χ4n) is 1.81. The average molecular weight is 248 g/mol. The summed E-state index contributed by atoms with van der Waals surface area (Å²) < 4.78 is 11.1. The highest BCUT2D eigenvalue weighted by molar-refractivity contribution is 5.75. The summed E-state index contributed by atoms with van der Waals surface area (Å²) in [5, 5.41) is 0. The molecule has 1 atom stereocenters. The molecule has 0 saturated carbocycles. The van der Waals surface area contributed by atoms with Gasteiger partial charge in [-0.05, 0) is 38.3 Å². The number of ether oxygens (including phenoxy) is 2. The molecule has 1 unspecified atom stereocenters. The summed E-state index contributed by atoms with van der Waals surface area (Å²) in [7, 11) is 0. The smallest absolute Gasteiger partial charge is 0.314 e. The Morgan fingerprint density at radius 2 is 2.17 bits per heavy atom. The van der Waals surface area contributed by atoms with Crippen LogP contribution >= 0.6 is 0 Å². The van der Waals surface area contributed by atoms with E-state index in [0.717, 1.165) is 25.0 Å². The first kappa shape index (κ1) is 12.9. The van der Waals surface area contributed by atoms with Gasteiger partial charge in [-0.2, -0.15) is 0 Å². The lowest BCUT2D eigenvalue weighted by atomic mass is 9.91. The number of carbonyl (C=O) groups excluding carboxylic acids is 1. The van der Waals surface area contributed by atoms with Gasteiger partial charge in [0.05, 0.1) is 5.41 Å². The normalized spacial score (nSPS) is 18.7. The standard InChI is InChI=1S/C15H20O3/c1-4-15(2,3)14(16)18-13-10-9-11-7-5-6-8-12(11)17-13/h5-8,13H,4,9-10H2,1-3H3. The highest BCUT2D eigenvalue weighted by atomic mass is 16.7.